The zero-order valence-electron chi connectivity index (χ0n) is 14.9. The first-order valence-electron chi connectivity index (χ1n) is 8.13. The van der Waals surface area contributed by atoms with E-state index in [-0.39, 0.29) is 34.9 Å². The predicted molar refractivity (Wildman–Crippen MR) is 102 cm³/mol. The molecule has 0 aliphatic carbocycles. The van der Waals surface area contributed by atoms with Gasteiger partial charge >= 0.3 is 5.69 Å². The van der Waals surface area contributed by atoms with Crippen molar-refractivity contribution in [3.63, 3.8) is 0 Å². The molecule has 0 saturated carbocycles. The highest BCUT2D eigenvalue weighted by molar-refractivity contribution is 7.99. The maximum atomic E-state index is 12.0. The van der Waals surface area contributed by atoms with Crippen LogP contribution in [0.25, 0.3) is 0 Å². The number of aromatic nitrogens is 4. The van der Waals surface area contributed by atoms with Gasteiger partial charge < -0.3 is 14.7 Å². The number of nitro benzene ring substituents is 1. The van der Waals surface area contributed by atoms with Gasteiger partial charge in [0.05, 0.1) is 17.1 Å². The minimum atomic E-state index is -0.600. The Hall–Kier alpha value is -3.74. The van der Waals surface area contributed by atoms with E-state index in [0.717, 1.165) is 11.8 Å². The number of hydrogen-bond acceptors (Lipinski definition) is 9. The molecule has 3 aromatic rings. The van der Waals surface area contributed by atoms with Crippen molar-refractivity contribution in [3.05, 3.63) is 72.4 Å². The molecule has 150 valence electrons. The first-order chi connectivity index (χ1) is 13.8. The number of benzene rings is 1. The topological polar surface area (TPSA) is 177 Å². The monoisotopic (exact) mass is 418 g/mol. The standard InChI is InChI=1S/C16H14N6O6S/c1-8-11(14(24)19-15(25)17-8)6-13-20-21-16(28-13)29-7-12(23)18-9-2-4-10(5-3-9)22(26)27/h2-5H,6-7H2,1H3,(H,18,23)(H2,17,19,24,25). The normalized spacial score (nSPS) is 10.7. The molecule has 2 aromatic heterocycles. The van der Waals surface area contributed by atoms with Gasteiger partial charge in [-0.05, 0) is 19.1 Å². The molecule has 0 aliphatic rings. The molecular formula is C16H14N6O6S. The maximum Gasteiger partial charge on any atom is 0.325 e. The van der Waals surface area contributed by atoms with E-state index in [2.05, 4.69) is 25.5 Å². The lowest BCUT2D eigenvalue weighted by molar-refractivity contribution is -0.384. The fourth-order valence-corrected chi connectivity index (χ4v) is 2.93. The number of rotatable bonds is 7. The zero-order valence-corrected chi connectivity index (χ0v) is 15.7. The van der Waals surface area contributed by atoms with Crippen LogP contribution < -0.4 is 16.6 Å². The van der Waals surface area contributed by atoms with Gasteiger partial charge in [-0.2, -0.15) is 0 Å². The van der Waals surface area contributed by atoms with Gasteiger partial charge in [-0.15, -0.1) is 10.2 Å². The summed E-state index contributed by atoms with van der Waals surface area (Å²) in [7, 11) is 0. The minimum absolute atomic E-state index is 0.0283. The molecule has 1 amide bonds. The molecule has 1 aromatic carbocycles. The first kappa shape index (κ1) is 20.0. The average Bonchev–Trinajstić information content (AvgIpc) is 3.11. The van der Waals surface area contributed by atoms with E-state index in [1.807, 2.05) is 0 Å². The largest absolute Gasteiger partial charge is 0.416 e. The summed E-state index contributed by atoms with van der Waals surface area (Å²) in [5, 5.41) is 21.0. The van der Waals surface area contributed by atoms with Crippen molar-refractivity contribution < 1.29 is 14.1 Å². The van der Waals surface area contributed by atoms with E-state index in [0.29, 0.717) is 16.9 Å². The zero-order chi connectivity index (χ0) is 21.0. The summed E-state index contributed by atoms with van der Waals surface area (Å²) in [6.07, 6.45) is 0.0283. The number of anilines is 1. The Morgan fingerprint density at radius 3 is 2.62 bits per heavy atom. The van der Waals surface area contributed by atoms with Gasteiger partial charge in [0, 0.05) is 29.1 Å². The van der Waals surface area contributed by atoms with Crippen LogP contribution in [0.1, 0.15) is 17.1 Å². The van der Waals surface area contributed by atoms with Crippen LogP contribution in [0.15, 0.2) is 43.5 Å². The number of amides is 1. The third-order valence-electron chi connectivity index (χ3n) is 3.72. The van der Waals surface area contributed by atoms with Gasteiger partial charge in [-0.3, -0.25) is 24.7 Å². The van der Waals surface area contributed by atoms with Crippen LogP contribution in [0.5, 0.6) is 0 Å². The van der Waals surface area contributed by atoms with Crippen LogP contribution in [0.2, 0.25) is 0 Å². The van der Waals surface area contributed by atoms with E-state index in [1.165, 1.54) is 24.3 Å². The predicted octanol–water partition coefficient (Wildman–Crippen LogP) is 0.984. The smallest absolute Gasteiger partial charge is 0.325 e. The van der Waals surface area contributed by atoms with Gasteiger partial charge in [-0.25, -0.2) is 4.79 Å². The first-order valence-corrected chi connectivity index (χ1v) is 9.12. The lowest BCUT2D eigenvalue weighted by atomic mass is 10.2. The molecule has 0 unspecified atom stereocenters. The maximum absolute atomic E-state index is 12.0. The number of nitro groups is 1. The summed E-state index contributed by atoms with van der Waals surface area (Å²) in [5.74, 6) is -0.239. The van der Waals surface area contributed by atoms with E-state index >= 15 is 0 Å². The molecule has 3 rings (SSSR count). The van der Waals surface area contributed by atoms with Crippen molar-refractivity contribution in [2.45, 2.75) is 18.6 Å². The highest BCUT2D eigenvalue weighted by atomic mass is 32.2. The third kappa shape index (κ3) is 5.16. The van der Waals surface area contributed by atoms with Crippen LogP contribution in [0.4, 0.5) is 11.4 Å². The van der Waals surface area contributed by atoms with Gasteiger partial charge in [0.2, 0.25) is 11.8 Å². The van der Waals surface area contributed by atoms with Crippen LogP contribution >= 0.6 is 11.8 Å². The second-order valence-electron chi connectivity index (χ2n) is 5.79. The molecule has 0 atom stereocenters. The summed E-state index contributed by atoms with van der Waals surface area (Å²) in [6.45, 7) is 1.58. The van der Waals surface area contributed by atoms with Gasteiger partial charge in [0.15, 0.2) is 0 Å². The van der Waals surface area contributed by atoms with E-state index < -0.39 is 16.2 Å². The van der Waals surface area contributed by atoms with Crippen LogP contribution in [-0.4, -0.2) is 36.7 Å². The average molecular weight is 418 g/mol. The SMILES string of the molecule is Cc1[nH]c(=O)[nH]c(=O)c1Cc1nnc(SCC(=O)Nc2ccc([N+](=O)[O-])cc2)o1. The van der Waals surface area contributed by atoms with Crippen molar-refractivity contribution in [2.75, 3.05) is 11.1 Å². The van der Waals surface area contributed by atoms with Gasteiger partial charge in [0.1, 0.15) is 0 Å². The number of carbonyl (C=O) groups is 1. The van der Waals surface area contributed by atoms with Gasteiger partial charge in [-0.1, -0.05) is 11.8 Å². The highest BCUT2D eigenvalue weighted by Crippen LogP contribution is 2.19. The van der Waals surface area contributed by atoms with Crippen LogP contribution in [0.3, 0.4) is 0 Å². The number of hydrogen-bond donors (Lipinski definition) is 3. The van der Waals surface area contributed by atoms with Crippen molar-refractivity contribution >= 4 is 29.0 Å². The van der Waals surface area contributed by atoms with E-state index in [4.69, 9.17) is 4.42 Å². The summed E-state index contributed by atoms with van der Waals surface area (Å²) >= 11 is 0.994. The number of H-pyrrole nitrogens is 2. The third-order valence-corrected chi connectivity index (χ3v) is 4.54. The Morgan fingerprint density at radius 1 is 1.24 bits per heavy atom. The summed E-state index contributed by atoms with van der Waals surface area (Å²) in [5.41, 5.74) is -0.111. The van der Waals surface area contributed by atoms with Crippen molar-refractivity contribution in [2.24, 2.45) is 0 Å². The molecule has 29 heavy (non-hydrogen) atoms. The lowest BCUT2D eigenvalue weighted by Gasteiger charge is -2.03. The molecule has 0 spiro atoms. The summed E-state index contributed by atoms with van der Waals surface area (Å²) < 4.78 is 5.41. The molecule has 0 saturated heterocycles. The number of carbonyl (C=O) groups excluding carboxylic acids is 1. The minimum Gasteiger partial charge on any atom is -0.416 e. The lowest BCUT2D eigenvalue weighted by Crippen LogP contribution is -2.27. The number of thioether (sulfide) groups is 1. The number of nitrogens with zero attached hydrogens (tertiary/aromatic N) is 3. The molecular weight excluding hydrogens is 404 g/mol. The number of non-ortho nitro benzene ring substituents is 1. The molecule has 3 N–H and O–H groups in total. The second kappa shape index (κ2) is 8.52. The molecule has 0 fully saturated rings. The molecule has 0 bridgehead atoms. The number of nitrogens with one attached hydrogen (secondary N) is 3. The molecule has 2 heterocycles. The quantitative estimate of drug-likeness (QED) is 0.287. The van der Waals surface area contributed by atoms with E-state index in [1.54, 1.807) is 6.92 Å². The fourth-order valence-electron chi connectivity index (χ4n) is 2.35. The van der Waals surface area contributed by atoms with Crippen molar-refractivity contribution in [1.82, 2.24) is 20.2 Å². The summed E-state index contributed by atoms with van der Waals surface area (Å²) in [6, 6.07) is 5.42. The Balaban J connectivity index is 1.56. The summed E-state index contributed by atoms with van der Waals surface area (Å²) in [4.78, 5) is 49.8. The van der Waals surface area contributed by atoms with E-state index in [9.17, 15) is 24.5 Å². The van der Waals surface area contributed by atoms with Crippen LogP contribution in [0, 0.1) is 17.0 Å². The Labute approximate surface area is 165 Å². The van der Waals surface area contributed by atoms with Gasteiger partial charge in [0.25, 0.3) is 16.5 Å². The molecule has 0 aliphatic heterocycles. The molecule has 0 radical (unpaired) electrons. The molecule has 12 nitrogen and oxygen atoms in total. The highest BCUT2D eigenvalue weighted by Gasteiger charge is 2.14. The van der Waals surface area contributed by atoms with Crippen LogP contribution in [-0.2, 0) is 11.2 Å². The fraction of sp³-hybridized carbons (Fsp3) is 0.188. The van der Waals surface area contributed by atoms with Crippen molar-refractivity contribution in [1.29, 1.82) is 0 Å². The Kier molecular flexibility index (Phi) is 5.87. The Bertz CT molecular complexity index is 1170. The van der Waals surface area contributed by atoms with Crippen molar-refractivity contribution in [3.8, 4) is 0 Å². The second-order valence-corrected chi connectivity index (χ2v) is 6.72. The Morgan fingerprint density at radius 2 is 1.97 bits per heavy atom. The molecule has 13 heteroatoms. The number of aryl methyl sites for hydroxylation is 1. The number of aromatic amines is 2.